The van der Waals surface area contributed by atoms with Crippen molar-refractivity contribution in [1.82, 2.24) is 14.5 Å². The van der Waals surface area contributed by atoms with Crippen molar-refractivity contribution in [2.45, 2.75) is 31.6 Å². The van der Waals surface area contributed by atoms with Crippen molar-refractivity contribution in [2.24, 2.45) is 5.92 Å². The maximum absolute atomic E-state index is 14.0. The maximum Gasteiger partial charge on any atom is 0.326 e. The third-order valence-corrected chi connectivity index (χ3v) is 7.37. The molecule has 0 saturated carbocycles. The molecule has 0 bridgehead atoms. The molecule has 34 heavy (non-hydrogen) atoms. The monoisotopic (exact) mass is 457 g/mol. The average molecular weight is 458 g/mol. The summed E-state index contributed by atoms with van der Waals surface area (Å²) in [5.74, 6) is -0.345. The number of ether oxygens (including phenoxy) is 1. The summed E-state index contributed by atoms with van der Waals surface area (Å²) in [6.45, 7) is 2.44. The Hall–Kier alpha value is -3.22. The van der Waals surface area contributed by atoms with Crippen LogP contribution in [0.25, 0.3) is 22.7 Å². The molecule has 1 saturated heterocycles. The Morgan fingerprint density at radius 3 is 2.82 bits per heavy atom. The smallest absolute Gasteiger partial charge is 0.326 e. The van der Waals surface area contributed by atoms with Gasteiger partial charge in [-0.25, -0.2) is 9.18 Å². The first-order valence-electron chi connectivity index (χ1n) is 12.0. The fraction of sp³-hybridized carbons (Fsp3) is 0.321. The van der Waals surface area contributed by atoms with Crippen LogP contribution in [0.3, 0.4) is 0 Å². The van der Waals surface area contributed by atoms with Gasteiger partial charge in [0.25, 0.3) is 0 Å². The molecular weight excluding hydrogens is 429 g/mol. The van der Waals surface area contributed by atoms with E-state index in [1.165, 1.54) is 6.08 Å². The third-order valence-electron chi connectivity index (χ3n) is 7.37. The standard InChI is InChI=1S/C28H28FN3O2/c1-31-12-10-21(11-13-31)32-26-9-6-18(15-25(26)30-28(32)33)14-24-22-5-3-2-4-19(22)17-34-27-16-20(29)7-8-23(24)27/h2-9,14-16,21,23,27H,10-13,17H2,1H3,(H,30,33)/b24-14+. The molecule has 1 N–H and O–H groups in total. The molecule has 2 unspecified atom stereocenters. The van der Waals surface area contributed by atoms with Crippen molar-refractivity contribution < 1.29 is 9.13 Å². The number of halogens is 1. The highest BCUT2D eigenvalue weighted by Gasteiger charge is 2.30. The number of H-pyrrole nitrogens is 1. The fourth-order valence-electron chi connectivity index (χ4n) is 5.55. The van der Waals surface area contributed by atoms with E-state index in [2.05, 4.69) is 41.2 Å². The van der Waals surface area contributed by atoms with Gasteiger partial charge in [-0.15, -0.1) is 0 Å². The molecule has 0 amide bonds. The number of aromatic amines is 1. The molecule has 5 nitrogen and oxygen atoms in total. The second-order valence-electron chi connectivity index (χ2n) is 9.58. The molecule has 1 aromatic heterocycles. The predicted molar refractivity (Wildman–Crippen MR) is 133 cm³/mol. The second-order valence-corrected chi connectivity index (χ2v) is 9.58. The molecule has 0 spiro atoms. The molecule has 174 valence electrons. The Labute approximate surface area is 197 Å². The van der Waals surface area contributed by atoms with Crippen molar-refractivity contribution in [3.8, 4) is 0 Å². The van der Waals surface area contributed by atoms with Gasteiger partial charge in [0.2, 0.25) is 0 Å². The van der Waals surface area contributed by atoms with Crippen LogP contribution in [0.1, 0.15) is 35.6 Å². The van der Waals surface area contributed by atoms with Gasteiger partial charge in [-0.3, -0.25) is 4.57 Å². The lowest BCUT2D eigenvalue weighted by molar-refractivity contribution is 0.0600. The number of nitrogens with one attached hydrogen (secondary N) is 1. The summed E-state index contributed by atoms with van der Waals surface area (Å²) >= 11 is 0. The molecule has 6 heteroatoms. The van der Waals surface area contributed by atoms with Crippen LogP contribution in [-0.4, -0.2) is 40.7 Å². The van der Waals surface area contributed by atoms with E-state index >= 15 is 0 Å². The van der Waals surface area contributed by atoms with E-state index < -0.39 is 0 Å². The van der Waals surface area contributed by atoms with E-state index in [1.54, 1.807) is 6.08 Å². The number of hydrogen-bond donors (Lipinski definition) is 1. The highest BCUT2D eigenvalue weighted by atomic mass is 19.1. The summed E-state index contributed by atoms with van der Waals surface area (Å²) in [6, 6.07) is 14.6. The van der Waals surface area contributed by atoms with Gasteiger partial charge in [0.1, 0.15) is 5.83 Å². The largest absolute Gasteiger partial charge is 0.368 e. The van der Waals surface area contributed by atoms with Crippen LogP contribution in [0, 0.1) is 5.92 Å². The Kier molecular flexibility index (Phi) is 5.35. The van der Waals surface area contributed by atoms with Gasteiger partial charge < -0.3 is 14.6 Å². The number of nitrogens with zero attached hydrogens (tertiary/aromatic N) is 2. The fourth-order valence-corrected chi connectivity index (χ4v) is 5.55. The van der Waals surface area contributed by atoms with Crippen molar-refractivity contribution in [2.75, 3.05) is 20.1 Å². The Balaban J connectivity index is 1.42. The van der Waals surface area contributed by atoms with Crippen molar-refractivity contribution in [1.29, 1.82) is 0 Å². The maximum atomic E-state index is 14.0. The number of likely N-dealkylation sites (tertiary alicyclic amines) is 1. The van der Waals surface area contributed by atoms with E-state index in [1.807, 2.05) is 34.9 Å². The summed E-state index contributed by atoms with van der Waals surface area (Å²) in [7, 11) is 2.13. The van der Waals surface area contributed by atoms with Crippen molar-refractivity contribution in [3.05, 3.63) is 93.7 Å². The van der Waals surface area contributed by atoms with Gasteiger partial charge in [0, 0.05) is 12.0 Å². The van der Waals surface area contributed by atoms with Gasteiger partial charge in [-0.2, -0.15) is 0 Å². The number of piperidine rings is 1. The highest BCUT2D eigenvalue weighted by molar-refractivity contribution is 5.88. The van der Waals surface area contributed by atoms with Gasteiger partial charge in [-0.1, -0.05) is 42.5 Å². The van der Waals surface area contributed by atoms with E-state index in [4.69, 9.17) is 4.74 Å². The van der Waals surface area contributed by atoms with Crippen LogP contribution in [0.5, 0.6) is 0 Å². The van der Waals surface area contributed by atoms with Crippen LogP contribution in [0.15, 0.2) is 71.3 Å². The van der Waals surface area contributed by atoms with Gasteiger partial charge in [-0.05, 0) is 79.5 Å². The molecule has 1 fully saturated rings. The van der Waals surface area contributed by atoms with Crippen LogP contribution < -0.4 is 5.69 Å². The first-order valence-corrected chi connectivity index (χ1v) is 12.0. The van der Waals surface area contributed by atoms with E-state index in [-0.39, 0.29) is 29.6 Å². The molecule has 6 rings (SSSR count). The van der Waals surface area contributed by atoms with E-state index in [0.717, 1.165) is 59.2 Å². The van der Waals surface area contributed by atoms with Crippen molar-refractivity contribution in [3.63, 3.8) is 0 Å². The van der Waals surface area contributed by atoms with E-state index in [9.17, 15) is 9.18 Å². The number of benzene rings is 2. The molecule has 3 aromatic rings. The number of fused-ring (bicyclic) bond motifs is 3. The highest BCUT2D eigenvalue weighted by Crippen LogP contribution is 2.39. The molecule has 2 aromatic carbocycles. The summed E-state index contributed by atoms with van der Waals surface area (Å²) in [4.78, 5) is 18.2. The Bertz CT molecular complexity index is 1390. The lowest BCUT2D eigenvalue weighted by Gasteiger charge is -2.29. The third kappa shape index (κ3) is 3.77. The Morgan fingerprint density at radius 2 is 1.97 bits per heavy atom. The van der Waals surface area contributed by atoms with Crippen LogP contribution in [-0.2, 0) is 11.3 Å². The summed E-state index contributed by atoms with van der Waals surface area (Å²) in [5, 5.41) is 0. The summed E-state index contributed by atoms with van der Waals surface area (Å²) < 4.78 is 22.0. The summed E-state index contributed by atoms with van der Waals surface area (Å²) in [6.07, 6.45) is 8.73. The SMILES string of the molecule is CN1CCC(n2c(=O)[nH]c3cc(/C=C4\c5ccccc5COC5C=C(F)C=CC45)ccc32)CC1. The minimum absolute atomic E-state index is 0.0431. The normalized spacial score (nSPS) is 24.6. The average Bonchev–Trinajstić information content (AvgIpc) is 3.09. The van der Waals surface area contributed by atoms with Crippen LogP contribution in [0.4, 0.5) is 4.39 Å². The van der Waals surface area contributed by atoms with Crippen molar-refractivity contribution >= 4 is 22.7 Å². The molecule has 2 aliphatic heterocycles. The number of hydrogen-bond acceptors (Lipinski definition) is 3. The number of imidazole rings is 1. The minimum Gasteiger partial charge on any atom is -0.368 e. The lowest BCUT2D eigenvalue weighted by atomic mass is 9.83. The number of aromatic nitrogens is 2. The first kappa shape index (κ1) is 21.3. The quantitative estimate of drug-likeness (QED) is 0.584. The molecule has 1 aliphatic carbocycles. The molecule has 3 heterocycles. The lowest BCUT2D eigenvalue weighted by Crippen LogP contribution is -2.34. The zero-order valence-corrected chi connectivity index (χ0v) is 19.2. The van der Waals surface area contributed by atoms with E-state index in [0.29, 0.717) is 6.61 Å². The Morgan fingerprint density at radius 1 is 1.15 bits per heavy atom. The zero-order chi connectivity index (χ0) is 23.2. The number of rotatable bonds is 2. The molecule has 3 aliphatic rings. The van der Waals surface area contributed by atoms with Crippen LogP contribution >= 0.6 is 0 Å². The molecule has 0 radical (unpaired) electrons. The first-order chi connectivity index (χ1) is 16.6. The van der Waals surface area contributed by atoms with Crippen LogP contribution in [0.2, 0.25) is 0 Å². The van der Waals surface area contributed by atoms with Gasteiger partial charge in [0.15, 0.2) is 0 Å². The number of allylic oxidation sites excluding steroid dienone is 2. The zero-order valence-electron chi connectivity index (χ0n) is 19.2. The van der Waals surface area contributed by atoms with Gasteiger partial charge in [0.05, 0.1) is 23.7 Å². The minimum atomic E-state index is -0.349. The van der Waals surface area contributed by atoms with Gasteiger partial charge >= 0.3 is 5.69 Å². The molecular formula is C28H28FN3O2. The molecule has 2 atom stereocenters. The summed E-state index contributed by atoms with van der Waals surface area (Å²) in [5.41, 5.74) is 6.05. The second kappa shape index (κ2) is 8.53. The topological polar surface area (TPSA) is 50.3 Å². The predicted octanol–water partition coefficient (Wildman–Crippen LogP) is 5.08.